The van der Waals surface area contributed by atoms with Crippen molar-refractivity contribution in [2.75, 3.05) is 40.6 Å². The SMILES string of the molecule is C=C(C(=O)c1ccc(C(=O)O)cc1)c1cc(-c2cccs2)c(OC)cc1OCCOCCOC. The first-order valence-electron chi connectivity index (χ1n) is 10.5. The van der Waals surface area contributed by atoms with Crippen LogP contribution in [0.1, 0.15) is 26.3 Å². The number of carboxylic acids is 1. The molecular weight excluding hydrogens is 456 g/mol. The number of aromatic carboxylic acids is 1. The number of carbonyl (C=O) groups is 2. The van der Waals surface area contributed by atoms with E-state index < -0.39 is 5.97 Å². The maximum atomic E-state index is 13.2. The summed E-state index contributed by atoms with van der Waals surface area (Å²) in [5.74, 6) is -0.349. The van der Waals surface area contributed by atoms with Crippen molar-refractivity contribution >= 4 is 28.7 Å². The molecule has 1 N–H and O–H groups in total. The van der Waals surface area contributed by atoms with E-state index in [0.717, 1.165) is 10.4 Å². The molecular formula is C26H26O7S. The van der Waals surface area contributed by atoms with Gasteiger partial charge in [-0.2, -0.15) is 0 Å². The number of Topliss-reactive ketones (excluding diaryl/α,β-unsaturated/α-hetero) is 1. The van der Waals surface area contributed by atoms with Gasteiger partial charge >= 0.3 is 5.97 Å². The normalized spacial score (nSPS) is 10.6. The fourth-order valence-corrected chi connectivity index (χ4v) is 3.97. The molecule has 0 aliphatic rings. The van der Waals surface area contributed by atoms with Crippen molar-refractivity contribution in [2.45, 2.75) is 0 Å². The summed E-state index contributed by atoms with van der Waals surface area (Å²) in [4.78, 5) is 25.3. The Kier molecular flexibility index (Phi) is 8.98. The third kappa shape index (κ3) is 6.11. The molecule has 0 spiro atoms. The molecule has 0 radical (unpaired) electrons. The van der Waals surface area contributed by atoms with Crippen LogP contribution in [0.15, 0.2) is 60.5 Å². The summed E-state index contributed by atoms with van der Waals surface area (Å²) in [5.41, 5.74) is 1.99. The highest BCUT2D eigenvalue weighted by atomic mass is 32.1. The highest BCUT2D eigenvalue weighted by Crippen LogP contribution is 2.41. The van der Waals surface area contributed by atoms with Crippen LogP contribution in [0.3, 0.4) is 0 Å². The Morgan fingerprint density at radius 2 is 1.65 bits per heavy atom. The zero-order chi connectivity index (χ0) is 24.5. The highest BCUT2D eigenvalue weighted by Gasteiger charge is 2.21. The third-order valence-electron chi connectivity index (χ3n) is 5.00. The van der Waals surface area contributed by atoms with Crippen LogP contribution in [0, 0.1) is 0 Å². The molecule has 0 fully saturated rings. The third-order valence-corrected chi connectivity index (χ3v) is 5.90. The van der Waals surface area contributed by atoms with E-state index in [2.05, 4.69) is 6.58 Å². The van der Waals surface area contributed by atoms with Crippen LogP contribution in [0.2, 0.25) is 0 Å². The molecule has 0 saturated heterocycles. The van der Waals surface area contributed by atoms with Crippen molar-refractivity contribution in [3.63, 3.8) is 0 Å². The lowest BCUT2D eigenvalue weighted by Gasteiger charge is -2.17. The molecule has 0 saturated carbocycles. The first-order valence-corrected chi connectivity index (χ1v) is 11.4. The monoisotopic (exact) mass is 482 g/mol. The number of methoxy groups -OCH3 is 2. The number of hydrogen-bond acceptors (Lipinski definition) is 7. The first-order chi connectivity index (χ1) is 16.5. The molecule has 34 heavy (non-hydrogen) atoms. The Morgan fingerprint density at radius 3 is 2.26 bits per heavy atom. The Bertz CT molecular complexity index is 1130. The van der Waals surface area contributed by atoms with E-state index in [0.29, 0.717) is 42.4 Å². The van der Waals surface area contributed by atoms with Crippen molar-refractivity contribution < 1.29 is 33.6 Å². The fraction of sp³-hybridized carbons (Fsp3) is 0.231. The van der Waals surface area contributed by atoms with Gasteiger partial charge in [-0.15, -0.1) is 11.3 Å². The number of allylic oxidation sites excluding steroid dienone is 1. The molecule has 0 aliphatic heterocycles. The van der Waals surface area contributed by atoms with Crippen molar-refractivity contribution in [2.24, 2.45) is 0 Å². The van der Waals surface area contributed by atoms with Gasteiger partial charge in [-0.05, 0) is 29.6 Å². The second-order valence-corrected chi connectivity index (χ2v) is 8.12. The minimum Gasteiger partial charge on any atom is -0.496 e. The Labute approximate surface area is 202 Å². The van der Waals surface area contributed by atoms with E-state index in [1.165, 1.54) is 24.3 Å². The maximum absolute atomic E-state index is 13.2. The molecule has 3 aromatic rings. The standard InChI is InChI=1S/C26H26O7S/c1-17(25(27)18-6-8-19(9-7-18)26(28)29)20-15-21(24-5-4-14-34-24)22(31-3)16-23(20)33-13-12-32-11-10-30-2/h4-9,14-16H,1,10-13H2,2-3H3,(H,28,29). The van der Waals surface area contributed by atoms with Crippen molar-refractivity contribution in [3.05, 3.63) is 77.2 Å². The Balaban J connectivity index is 1.92. The lowest BCUT2D eigenvalue weighted by Crippen LogP contribution is -2.12. The molecule has 0 bridgehead atoms. The second-order valence-electron chi connectivity index (χ2n) is 7.17. The molecule has 1 heterocycles. The van der Waals surface area contributed by atoms with Gasteiger partial charge in [0.1, 0.15) is 18.1 Å². The second kappa shape index (κ2) is 12.1. The number of ketones is 1. The molecule has 0 aliphatic carbocycles. The van der Waals surface area contributed by atoms with Gasteiger partial charge in [-0.1, -0.05) is 24.8 Å². The van der Waals surface area contributed by atoms with Crippen LogP contribution in [-0.2, 0) is 9.47 Å². The zero-order valence-corrected chi connectivity index (χ0v) is 19.9. The van der Waals surface area contributed by atoms with Gasteiger partial charge < -0.3 is 24.1 Å². The molecule has 0 atom stereocenters. The fourth-order valence-electron chi connectivity index (χ4n) is 3.23. The largest absolute Gasteiger partial charge is 0.496 e. The lowest BCUT2D eigenvalue weighted by molar-refractivity contribution is 0.0543. The lowest BCUT2D eigenvalue weighted by atomic mass is 9.94. The summed E-state index contributed by atoms with van der Waals surface area (Å²) in [7, 11) is 3.18. The molecule has 3 rings (SSSR count). The minimum absolute atomic E-state index is 0.101. The molecule has 0 amide bonds. The number of thiophene rings is 1. The van der Waals surface area contributed by atoms with Crippen LogP contribution in [0.5, 0.6) is 11.5 Å². The Hall–Kier alpha value is -3.46. The Morgan fingerprint density at radius 1 is 0.941 bits per heavy atom. The molecule has 178 valence electrons. The number of hydrogen-bond donors (Lipinski definition) is 1. The summed E-state index contributed by atoms with van der Waals surface area (Å²) >= 11 is 1.55. The van der Waals surface area contributed by atoms with Gasteiger partial charge in [-0.3, -0.25) is 4.79 Å². The van der Waals surface area contributed by atoms with Gasteiger partial charge in [-0.25, -0.2) is 4.79 Å². The molecule has 1 aromatic heterocycles. The van der Waals surface area contributed by atoms with Crippen LogP contribution in [0.4, 0.5) is 0 Å². The number of carbonyl (C=O) groups excluding carboxylic acids is 1. The van der Waals surface area contributed by atoms with E-state index in [-0.39, 0.29) is 23.5 Å². The van der Waals surface area contributed by atoms with Crippen LogP contribution in [-0.4, -0.2) is 57.5 Å². The zero-order valence-electron chi connectivity index (χ0n) is 19.0. The van der Waals surface area contributed by atoms with Gasteiger partial charge in [0.05, 0.1) is 32.5 Å². The average molecular weight is 483 g/mol. The number of benzene rings is 2. The highest BCUT2D eigenvalue weighted by molar-refractivity contribution is 7.13. The average Bonchev–Trinajstić information content (AvgIpc) is 3.39. The predicted molar refractivity (Wildman–Crippen MR) is 131 cm³/mol. The van der Waals surface area contributed by atoms with Crippen molar-refractivity contribution in [1.82, 2.24) is 0 Å². The van der Waals surface area contributed by atoms with Crippen molar-refractivity contribution in [1.29, 1.82) is 0 Å². The minimum atomic E-state index is -1.06. The van der Waals surface area contributed by atoms with Crippen molar-refractivity contribution in [3.8, 4) is 21.9 Å². The van der Waals surface area contributed by atoms with Crippen LogP contribution in [0.25, 0.3) is 16.0 Å². The summed E-state index contributed by atoms with van der Waals surface area (Å²) < 4.78 is 22.0. The van der Waals surface area contributed by atoms with Gasteiger partial charge in [0.15, 0.2) is 5.78 Å². The van der Waals surface area contributed by atoms with Crippen LogP contribution < -0.4 is 9.47 Å². The molecule has 8 heteroatoms. The summed E-state index contributed by atoms with van der Waals surface area (Å²) in [6, 6.07) is 13.2. The van der Waals surface area contributed by atoms with Gasteiger partial charge in [0, 0.05) is 40.3 Å². The smallest absolute Gasteiger partial charge is 0.335 e. The van der Waals surface area contributed by atoms with Gasteiger partial charge in [0.2, 0.25) is 0 Å². The molecule has 2 aromatic carbocycles. The van der Waals surface area contributed by atoms with Gasteiger partial charge in [0.25, 0.3) is 0 Å². The maximum Gasteiger partial charge on any atom is 0.335 e. The topological polar surface area (TPSA) is 91.3 Å². The van der Waals surface area contributed by atoms with E-state index >= 15 is 0 Å². The van der Waals surface area contributed by atoms with E-state index in [1.807, 2.05) is 23.6 Å². The molecule has 0 unspecified atom stereocenters. The summed E-state index contributed by atoms with van der Waals surface area (Å²) in [5, 5.41) is 11.1. The predicted octanol–water partition coefficient (Wildman–Crippen LogP) is 5.06. The van der Waals surface area contributed by atoms with E-state index in [4.69, 9.17) is 24.1 Å². The summed E-state index contributed by atoms with van der Waals surface area (Å²) in [6.07, 6.45) is 0. The molecule has 7 nitrogen and oxygen atoms in total. The van der Waals surface area contributed by atoms with E-state index in [9.17, 15) is 9.59 Å². The number of rotatable bonds is 13. The quantitative estimate of drug-likeness (QED) is 0.207. The van der Waals surface area contributed by atoms with E-state index in [1.54, 1.807) is 31.6 Å². The van der Waals surface area contributed by atoms with Crippen LogP contribution >= 0.6 is 11.3 Å². The first kappa shape index (κ1) is 25.2. The number of ether oxygens (including phenoxy) is 4. The summed E-state index contributed by atoms with van der Waals surface area (Å²) in [6.45, 7) is 5.57. The number of carboxylic acid groups (broad SMARTS) is 1.